The quantitative estimate of drug-likeness (QED) is 0.431. The second-order valence-electron chi connectivity index (χ2n) is 8.02. The molecule has 0 amide bonds. The van der Waals surface area contributed by atoms with E-state index in [2.05, 4.69) is 47.8 Å². The lowest BCUT2D eigenvalue weighted by Gasteiger charge is -2.35. The van der Waals surface area contributed by atoms with E-state index in [1.807, 2.05) is 7.05 Å². The maximum absolute atomic E-state index is 4.46. The number of likely N-dealkylation sites (tertiary alicyclic amines) is 2. The van der Waals surface area contributed by atoms with E-state index in [0.717, 1.165) is 44.0 Å². The fourth-order valence-corrected chi connectivity index (χ4v) is 3.93. The molecule has 0 spiro atoms. The van der Waals surface area contributed by atoms with Crippen LogP contribution in [0.2, 0.25) is 0 Å². The number of hydrogen-bond acceptors (Lipinski definition) is 2. The molecule has 2 atom stereocenters. The minimum absolute atomic E-state index is 0. The van der Waals surface area contributed by atoms with Gasteiger partial charge in [-0.05, 0) is 30.1 Å². The number of nitrogens with zero attached hydrogens (tertiary/aromatic N) is 3. The monoisotopic (exact) mass is 422 g/mol. The van der Waals surface area contributed by atoms with Crippen molar-refractivity contribution >= 4 is 29.9 Å². The number of guanidine groups is 1. The summed E-state index contributed by atoms with van der Waals surface area (Å²) in [5, 5.41) is 3.56. The SMILES string of the molecule is CN=C(NCCN1CC(C)CC(C)C1)N1CCC(C)(C)C1.I. The van der Waals surface area contributed by atoms with Gasteiger partial charge in [0.15, 0.2) is 5.96 Å². The molecule has 2 fully saturated rings. The summed E-state index contributed by atoms with van der Waals surface area (Å²) in [4.78, 5) is 9.47. The van der Waals surface area contributed by atoms with E-state index in [0.29, 0.717) is 5.41 Å². The molecule has 2 unspecified atom stereocenters. The zero-order valence-corrected chi connectivity index (χ0v) is 17.4. The fourth-order valence-electron chi connectivity index (χ4n) is 3.93. The molecule has 22 heavy (non-hydrogen) atoms. The van der Waals surface area contributed by atoms with Crippen molar-refractivity contribution < 1.29 is 0 Å². The summed E-state index contributed by atoms with van der Waals surface area (Å²) in [5.74, 6) is 2.76. The van der Waals surface area contributed by atoms with Gasteiger partial charge in [0.25, 0.3) is 0 Å². The number of hydrogen-bond donors (Lipinski definition) is 1. The van der Waals surface area contributed by atoms with Gasteiger partial charge in [0.1, 0.15) is 0 Å². The summed E-state index contributed by atoms with van der Waals surface area (Å²) >= 11 is 0. The predicted molar refractivity (Wildman–Crippen MR) is 106 cm³/mol. The zero-order chi connectivity index (χ0) is 15.5. The largest absolute Gasteiger partial charge is 0.355 e. The highest BCUT2D eigenvalue weighted by atomic mass is 127. The highest BCUT2D eigenvalue weighted by Gasteiger charge is 2.30. The Hall–Kier alpha value is -0.0400. The van der Waals surface area contributed by atoms with Crippen molar-refractivity contribution in [1.82, 2.24) is 15.1 Å². The summed E-state index contributed by atoms with van der Waals surface area (Å²) in [7, 11) is 1.90. The maximum atomic E-state index is 4.46. The molecular formula is C17H35IN4. The van der Waals surface area contributed by atoms with Crippen molar-refractivity contribution in [3.63, 3.8) is 0 Å². The van der Waals surface area contributed by atoms with E-state index >= 15 is 0 Å². The highest BCUT2D eigenvalue weighted by molar-refractivity contribution is 14.0. The van der Waals surface area contributed by atoms with Crippen LogP contribution in [0.15, 0.2) is 4.99 Å². The van der Waals surface area contributed by atoms with Crippen molar-refractivity contribution in [3.05, 3.63) is 0 Å². The molecule has 0 aromatic rings. The Morgan fingerprint density at radius 3 is 2.36 bits per heavy atom. The van der Waals surface area contributed by atoms with Gasteiger partial charge >= 0.3 is 0 Å². The van der Waals surface area contributed by atoms with Crippen LogP contribution in [0.1, 0.15) is 40.5 Å². The number of piperidine rings is 1. The molecule has 2 heterocycles. The third-order valence-corrected chi connectivity index (χ3v) is 4.84. The van der Waals surface area contributed by atoms with Crippen LogP contribution in [-0.4, -0.2) is 62.1 Å². The van der Waals surface area contributed by atoms with Gasteiger partial charge in [0.2, 0.25) is 0 Å². The number of halogens is 1. The number of rotatable bonds is 3. The zero-order valence-electron chi connectivity index (χ0n) is 15.1. The van der Waals surface area contributed by atoms with E-state index in [4.69, 9.17) is 0 Å². The van der Waals surface area contributed by atoms with Gasteiger partial charge in [-0.25, -0.2) is 0 Å². The smallest absolute Gasteiger partial charge is 0.193 e. The summed E-state index contributed by atoms with van der Waals surface area (Å²) in [5.41, 5.74) is 0.426. The van der Waals surface area contributed by atoms with Gasteiger partial charge in [-0.3, -0.25) is 4.99 Å². The average Bonchev–Trinajstić information content (AvgIpc) is 2.74. The summed E-state index contributed by atoms with van der Waals surface area (Å²) in [6.45, 7) is 16.3. The first kappa shape index (κ1) is 20.0. The number of aliphatic imine (C=N–C) groups is 1. The van der Waals surface area contributed by atoms with Crippen molar-refractivity contribution in [2.24, 2.45) is 22.2 Å². The van der Waals surface area contributed by atoms with Crippen molar-refractivity contribution in [2.75, 3.05) is 46.3 Å². The molecule has 5 heteroatoms. The van der Waals surface area contributed by atoms with E-state index in [1.54, 1.807) is 0 Å². The van der Waals surface area contributed by atoms with Gasteiger partial charge in [-0.1, -0.05) is 27.7 Å². The Labute approximate surface area is 154 Å². The Bertz CT molecular complexity index is 360. The minimum Gasteiger partial charge on any atom is -0.355 e. The predicted octanol–water partition coefficient (Wildman–Crippen LogP) is 2.89. The lowest BCUT2D eigenvalue weighted by molar-refractivity contribution is 0.143. The first-order valence-electron chi connectivity index (χ1n) is 8.57. The van der Waals surface area contributed by atoms with Gasteiger partial charge in [0.05, 0.1) is 0 Å². The lowest BCUT2D eigenvalue weighted by Crippen LogP contribution is -2.46. The average molecular weight is 422 g/mol. The topological polar surface area (TPSA) is 30.9 Å². The van der Waals surface area contributed by atoms with E-state index in [1.165, 1.54) is 25.9 Å². The molecule has 2 rings (SSSR count). The summed E-state index contributed by atoms with van der Waals surface area (Å²) in [6.07, 6.45) is 2.64. The van der Waals surface area contributed by atoms with E-state index in [9.17, 15) is 0 Å². The highest BCUT2D eigenvalue weighted by Crippen LogP contribution is 2.28. The molecule has 0 aromatic heterocycles. The summed E-state index contributed by atoms with van der Waals surface area (Å²) < 4.78 is 0. The minimum atomic E-state index is 0. The second kappa shape index (κ2) is 8.71. The van der Waals surface area contributed by atoms with Crippen LogP contribution in [0.4, 0.5) is 0 Å². The van der Waals surface area contributed by atoms with Crippen LogP contribution >= 0.6 is 24.0 Å². The molecule has 0 radical (unpaired) electrons. The third kappa shape index (κ3) is 5.87. The van der Waals surface area contributed by atoms with Crippen LogP contribution in [0, 0.1) is 17.3 Å². The molecule has 0 aromatic carbocycles. The third-order valence-electron chi connectivity index (χ3n) is 4.84. The molecule has 4 nitrogen and oxygen atoms in total. The Morgan fingerprint density at radius 2 is 1.86 bits per heavy atom. The molecule has 2 aliphatic rings. The fraction of sp³-hybridized carbons (Fsp3) is 0.941. The number of nitrogens with one attached hydrogen (secondary N) is 1. The molecule has 0 saturated carbocycles. The molecule has 0 bridgehead atoms. The molecular weight excluding hydrogens is 387 g/mol. The standard InChI is InChI=1S/C17H34N4.HI/c1-14-10-15(2)12-20(11-14)9-7-19-16(18-5)21-8-6-17(3,4)13-21;/h14-15H,6-13H2,1-5H3,(H,18,19);1H. The Morgan fingerprint density at radius 1 is 1.23 bits per heavy atom. The first-order chi connectivity index (χ1) is 9.89. The van der Waals surface area contributed by atoms with Crippen LogP contribution in [-0.2, 0) is 0 Å². The van der Waals surface area contributed by atoms with Gasteiger partial charge in [-0.15, -0.1) is 24.0 Å². The van der Waals surface area contributed by atoms with Gasteiger partial charge in [0, 0.05) is 46.3 Å². The van der Waals surface area contributed by atoms with E-state index in [-0.39, 0.29) is 24.0 Å². The molecule has 2 saturated heterocycles. The Kier molecular flexibility index (Phi) is 7.92. The summed E-state index contributed by atoms with van der Waals surface area (Å²) in [6, 6.07) is 0. The van der Waals surface area contributed by atoms with Gasteiger partial charge in [-0.2, -0.15) is 0 Å². The van der Waals surface area contributed by atoms with Crippen LogP contribution in [0.3, 0.4) is 0 Å². The Balaban J connectivity index is 0.00000242. The molecule has 0 aliphatic carbocycles. The van der Waals surface area contributed by atoms with Gasteiger partial charge < -0.3 is 15.1 Å². The van der Waals surface area contributed by atoms with Crippen molar-refractivity contribution in [1.29, 1.82) is 0 Å². The van der Waals surface area contributed by atoms with Crippen LogP contribution in [0.5, 0.6) is 0 Å². The van der Waals surface area contributed by atoms with E-state index < -0.39 is 0 Å². The van der Waals surface area contributed by atoms with Crippen molar-refractivity contribution in [3.8, 4) is 0 Å². The van der Waals surface area contributed by atoms with Crippen molar-refractivity contribution in [2.45, 2.75) is 40.5 Å². The maximum Gasteiger partial charge on any atom is 0.193 e. The van der Waals surface area contributed by atoms with Crippen LogP contribution in [0.25, 0.3) is 0 Å². The lowest BCUT2D eigenvalue weighted by atomic mass is 9.92. The second-order valence-corrected chi connectivity index (χ2v) is 8.02. The van der Waals surface area contributed by atoms with Crippen LogP contribution < -0.4 is 5.32 Å². The normalized spacial score (nSPS) is 29.3. The molecule has 2 aliphatic heterocycles. The molecule has 1 N–H and O–H groups in total. The molecule has 130 valence electrons. The first-order valence-corrected chi connectivity index (χ1v) is 8.57.